The maximum atomic E-state index is 11.4. The fraction of sp³-hybridized carbons (Fsp3) is 0.538. The molecule has 0 amide bonds. The number of benzene rings is 1. The first kappa shape index (κ1) is 16.3. The number of hydrogen-bond donors (Lipinski definition) is 1. The maximum absolute atomic E-state index is 11.4. The zero-order valence-corrected chi connectivity index (χ0v) is 12.8. The lowest BCUT2D eigenvalue weighted by Crippen LogP contribution is -2.15. The monoisotopic (exact) mass is 305 g/mol. The second-order valence-corrected chi connectivity index (χ2v) is 7.28. The van der Waals surface area contributed by atoms with Gasteiger partial charge in [0.2, 0.25) is 0 Å². The smallest absolute Gasteiger partial charge is 0.150 e. The molecule has 19 heavy (non-hydrogen) atoms. The summed E-state index contributed by atoms with van der Waals surface area (Å²) in [5.41, 5.74) is 6.92. The Bertz CT molecular complexity index is 517. The Morgan fingerprint density at radius 3 is 2.68 bits per heavy atom. The summed E-state index contributed by atoms with van der Waals surface area (Å²) in [7, 11) is -1.37. The van der Waals surface area contributed by atoms with Gasteiger partial charge in [0.1, 0.15) is 15.6 Å². The molecule has 0 spiro atoms. The minimum Gasteiger partial charge on any atom is -0.496 e. The zero-order chi connectivity index (χ0) is 14.5. The van der Waals surface area contributed by atoms with Crippen LogP contribution in [-0.4, -0.2) is 27.0 Å². The summed E-state index contributed by atoms with van der Waals surface area (Å²) in [5.74, 6) is 0.984. The van der Waals surface area contributed by atoms with Crippen molar-refractivity contribution >= 4 is 21.4 Å². The third-order valence-electron chi connectivity index (χ3n) is 3.01. The maximum Gasteiger partial charge on any atom is 0.150 e. The van der Waals surface area contributed by atoms with E-state index >= 15 is 0 Å². The van der Waals surface area contributed by atoms with E-state index in [1.54, 1.807) is 26.2 Å². The van der Waals surface area contributed by atoms with E-state index in [0.717, 1.165) is 5.56 Å². The standard InChI is InChI=1S/C13H20ClNO3S/c1-3-19(16,17)8-4-5-12(15)11-7-6-10(14)9-13(11)18-2/h6-7,9,12H,3-5,8,15H2,1-2H3. The molecule has 0 aliphatic heterocycles. The zero-order valence-electron chi connectivity index (χ0n) is 11.2. The molecule has 0 aliphatic rings. The highest BCUT2D eigenvalue weighted by molar-refractivity contribution is 7.91. The fourth-order valence-electron chi connectivity index (χ4n) is 1.81. The number of nitrogens with two attached hydrogens (primary N) is 1. The minimum atomic E-state index is -2.93. The lowest BCUT2D eigenvalue weighted by Gasteiger charge is -2.15. The number of hydrogen-bond acceptors (Lipinski definition) is 4. The van der Waals surface area contributed by atoms with Crippen molar-refractivity contribution in [3.05, 3.63) is 28.8 Å². The van der Waals surface area contributed by atoms with Crippen LogP contribution in [0.1, 0.15) is 31.4 Å². The molecule has 0 saturated carbocycles. The third-order valence-corrected chi connectivity index (χ3v) is 5.03. The fourth-order valence-corrected chi connectivity index (χ4v) is 2.87. The summed E-state index contributed by atoms with van der Waals surface area (Å²) in [6, 6.07) is 5.03. The number of ether oxygens (including phenoxy) is 1. The van der Waals surface area contributed by atoms with Gasteiger partial charge in [0.25, 0.3) is 0 Å². The van der Waals surface area contributed by atoms with Gasteiger partial charge in [0.05, 0.1) is 12.9 Å². The van der Waals surface area contributed by atoms with Gasteiger partial charge in [-0.25, -0.2) is 8.42 Å². The molecule has 1 rings (SSSR count). The van der Waals surface area contributed by atoms with Crippen LogP contribution < -0.4 is 10.5 Å². The Hall–Kier alpha value is -0.780. The molecular weight excluding hydrogens is 286 g/mol. The average Bonchev–Trinajstić information content (AvgIpc) is 2.38. The second kappa shape index (κ2) is 7.12. The average molecular weight is 306 g/mol. The van der Waals surface area contributed by atoms with Crippen LogP contribution in [-0.2, 0) is 9.84 Å². The Labute approximate surface area is 119 Å². The molecular formula is C13H20ClNO3S. The molecule has 0 radical (unpaired) electrons. The highest BCUT2D eigenvalue weighted by Crippen LogP contribution is 2.29. The summed E-state index contributed by atoms with van der Waals surface area (Å²) in [4.78, 5) is 0. The summed E-state index contributed by atoms with van der Waals surface area (Å²) in [5, 5.41) is 0.585. The normalized spacial score (nSPS) is 13.3. The molecule has 0 heterocycles. The van der Waals surface area contributed by atoms with Gasteiger partial charge in [0.15, 0.2) is 0 Å². The van der Waals surface area contributed by atoms with Gasteiger partial charge in [-0.2, -0.15) is 0 Å². The lowest BCUT2D eigenvalue weighted by atomic mass is 10.0. The quantitative estimate of drug-likeness (QED) is 0.840. The van der Waals surface area contributed by atoms with Gasteiger partial charge in [-0.3, -0.25) is 0 Å². The van der Waals surface area contributed by atoms with Crippen LogP contribution in [0.4, 0.5) is 0 Å². The molecule has 1 unspecified atom stereocenters. The molecule has 0 fully saturated rings. The van der Waals surface area contributed by atoms with E-state index in [2.05, 4.69) is 0 Å². The Morgan fingerprint density at radius 2 is 2.11 bits per heavy atom. The van der Waals surface area contributed by atoms with Crippen molar-refractivity contribution in [1.82, 2.24) is 0 Å². The van der Waals surface area contributed by atoms with Crippen LogP contribution >= 0.6 is 11.6 Å². The van der Waals surface area contributed by atoms with Crippen LogP contribution in [0, 0.1) is 0 Å². The molecule has 0 saturated heterocycles. The predicted octanol–water partition coefficient (Wildman–Crippen LogP) is 2.56. The van der Waals surface area contributed by atoms with Crippen molar-refractivity contribution in [3.63, 3.8) is 0 Å². The molecule has 108 valence electrons. The van der Waals surface area contributed by atoms with Crippen molar-refractivity contribution in [2.75, 3.05) is 18.6 Å². The molecule has 0 aromatic heterocycles. The Kier molecular flexibility index (Phi) is 6.10. The molecule has 4 nitrogen and oxygen atoms in total. The summed E-state index contributed by atoms with van der Waals surface area (Å²) in [6.07, 6.45) is 1.14. The lowest BCUT2D eigenvalue weighted by molar-refractivity contribution is 0.404. The van der Waals surface area contributed by atoms with Crippen LogP contribution in [0.5, 0.6) is 5.75 Å². The van der Waals surface area contributed by atoms with Gasteiger partial charge in [0, 0.05) is 22.4 Å². The summed E-state index contributed by atoms with van der Waals surface area (Å²) >= 11 is 5.88. The molecule has 1 aromatic carbocycles. The number of sulfone groups is 1. The summed E-state index contributed by atoms with van der Waals surface area (Å²) in [6.45, 7) is 1.65. The van der Waals surface area contributed by atoms with Crippen molar-refractivity contribution in [2.24, 2.45) is 5.73 Å². The number of halogens is 1. The van der Waals surface area contributed by atoms with E-state index in [4.69, 9.17) is 22.1 Å². The first-order chi connectivity index (χ1) is 8.89. The van der Waals surface area contributed by atoms with E-state index in [0.29, 0.717) is 23.6 Å². The van der Waals surface area contributed by atoms with E-state index < -0.39 is 9.84 Å². The van der Waals surface area contributed by atoms with Crippen LogP contribution in [0.25, 0.3) is 0 Å². The highest BCUT2D eigenvalue weighted by atomic mass is 35.5. The van der Waals surface area contributed by atoms with Crippen molar-refractivity contribution in [2.45, 2.75) is 25.8 Å². The van der Waals surface area contributed by atoms with Crippen LogP contribution in [0.15, 0.2) is 18.2 Å². The topological polar surface area (TPSA) is 69.4 Å². The molecule has 1 atom stereocenters. The summed E-state index contributed by atoms with van der Waals surface area (Å²) < 4.78 is 28.0. The predicted molar refractivity (Wildman–Crippen MR) is 78.5 cm³/mol. The van der Waals surface area contributed by atoms with Crippen molar-refractivity contribution in [3.8, 4) is 5.75 Å². The van der Waals surface area contributed by atoms with Crippen molar-refractivity contribution < 1.29 is 13.2 Å². The number of methoxy groups -OCH3 is 1. The van der Waals surface area contributed by atoms with Crippen LogP contribution in [0.2, 0.25) is 5.02 Å². The van der Waals surface area contributed by atoms with E-state index in [-0.39, 0.29) is 17.5 Å². The Morgan fingerprint density at radius 1 is 1.42 bits per heavy atom. The van der Waals surface area contributed by atoms with E-state index in [1.165, 1.54) is 0 Å². The van der Waals surface area contributed by atoms with Crippen LogP contribution in [0.3, 0.4) is 0 Å². The first-order valence-corrected chi connectivity index (χ1v) is 8.39. The highest BCUT2D eigenvalue weighted by Gasteiger charge is 2.14. The molecule has 2 N–H and O–H groups in total. The van der Waals surface area contributed by atoms with E-state index in [1.807, 2.05) is 6.07 Å². The number of rotatable bonds is 7. The SMILES string of the molecule is CCS(=O)(=O)CCCC(N)c1ccc(Cl)cc1OC. The second-order valence-electron chi connectivity index (χ2n) is 4.37. The molecule has 0 bridgehead atoms. The largest absolute Gasteiger partial charge is 0.496 e. The Balaban J connectivity index is 2.66. The van der Waals surface area contributed by atoms with Gasteiger partial charge >= 0.3 is 0 Å². The first-order valence-electron chi connectivity index (χ1n) is 6.19. The molecule has 6 heteroatoms. The van der Waals surface area contributed by atoms with Gasteiger partial charge in [-0.1, -0.05) is 24.6 Å². The van der Waals surface area contributed by atoms with E-state index in [9.17, 15) is 8.42 Å². The third kappa shape index (κ3) is 5.01. The molecule has 0 aliphatic carbocycles. The minimum absolute atomic E-state index is 0.173. The van der Waals surface area contributed by atoms with Gasteiger partial charge in [-0.15, -0.1) is 0 Å². The van der Waals surface area contributed by atoms with Crippen molar-refractivity contribution in [1.29, 1.82) is 0 Å². The molecule has 1 aromatic rings. The van der Waals surface area contributed by atoms with Gasteiger partial charge < -0.3 is 10.5 Å². The van der Waals surface area contributed by atoms with Gasteiger partial charge in [-0.05, 0) is 25.0 Å².